The van der Waals surface area contributed by atoms with Crippen LogP contribution in [0.15, 0.2) is 133 Å². The van der Waals surface area contributed by atoms with Crippen LogP contribution in [0.1, 0.15) is 89.0 Å². The molecule has 0 fully saturated rings. The van der Waals surface area contributed by atoms with Crippen molar-refractivity contribution >= 4 is 11.9 Å². The molecule has 6 aromatic rings. The van der Waals surface area contributed by atoms with Gasteiger partial charge >= 0.3 is 36.1 Å². The first-order valence-electron chi connectivity index (χ1n) is 22.4. The van der Waals surface area contributed by atoms with Crippen LogP contribution in [0.2, 0.25) is 0 Å². The predicted molar refractivity (Wildman–Crippen MR) is 241 cm³/mol. The molecular weight excluding hydrogens is 935 g/mol. The Bertz CT molecular complexity index is 2790. The van der Waals surface area contributed by atoms with Gasteiger partial charge in [-0.3, -0.25) is 0 Å². The number of carbonyl (C=O) groups excluding carboxylic acids is 1. The van der Waals surface area contributed by atoms with Gasteiger partial charge in [0.15, 0.2) is 0 Å². The highest BCUT2D eigenvalue weighted by Gasteiger charge is 2.51. The number of fused-ring (bicyclic) bond motifs is 2. The van der Waals surface area contributed by atoms with Crippen molar-refractivity contribution in [2.45, 2.75) is 94.7 Å². The molecule has 6 nitrogen and oxygen atoms in total. The van der Waals surface area contributed by atoms with E-state index in [-0.39, 0.29) is 32.7 Å². The lowest BCUT2D eigenvalue weighted by Crippen LogP contribution is -2.39. The maximum atomic E-state index is 14.7. The van der Waals surface area contributed by atoms with Gasteiger partial charge in [-0.25, -0.2) is 9.59 Å². The molecule has 70 heavy (non-hydrogen) atoms. The van der Waals surface area contributed by atoms with Crippen molar-refractivity contribution in [3.05, 3.63) is 178 Å². The number of carboxylic acids is 1. The third kappa shape index (κ3) is 11.9. The Hall–Kier alpha value is -6.84. The largest absolute Gasteiger partial charge is 0.489 e. The van der Waals surface area contributed by atoms with E-state index in [4.69, 9.17) is 14.6 Å². The van der Waals surface area contributed by atoms with Gasteiger partial charge in [-0.05, 0) is 162 Å². The Morgan fingerprint density at radius 2 is 0.943 bits per heavy atom. The van der Waals surface area contributed by atoms with Gasteiger partial charge in [0.25, 0.3) is 0 Å². The number of ether oxygens (including phenoxy) is 3. The minimum absolute atomic E-state index is 0.100. The molecule has 6 aromatic carbocycles. The van der Waals surface area contributed by atoms with E-state index >= 15 is 0 Å². The second kappa shape index (κ2) is 21.0. The number of hydrogen-bond donors (Lipinski definition) is 1. The summed E-state index contributed by atoms with van der Waals surface area (Å²) in [7, 11) is 0. The zero-order valence-electron chi connectivity index (χ0n) is 37.5. The molecule has 2 aliphatic rings. The summed E-state index contributed by atoms with van der Waals surface area (Å²) in [6.07, 6.45) is -6.36. The summed E-state index contributed by atoms with van der Waals surface area (Å²) in [5.74, 6) is -12.7. The van der Waals surface area contributed by atoms with Crippen molar-refractivity contribution in [1.82, 2.24) is 0 Å². The molecule has 2 atom stereocenters. The van der Waals surface area contributed by atoms with Crippen LogP contribution in [0.4, 0.5) is 43.9 Å². The minimum Gasteiger partial charge on any atom is -0.489 e. The summed E-state index contributed by atoms with van der Waals surface area (Å²) >= 11 is 0. The van der Waals surface area contributed by atoms with E-state index in [0.717, 1.165) is 46.5 Å². The molecule has 0 spiro atoms. The van der Waals surface area contributed by atoms with Crippen molar-refractivity contribution in [2.75, 3.05) is 6.61 Å². The lowest BCUT2D eigenvalue weighted by atomic mass is 9.79. The molecule has 368 valence electrons. The molecule has 16 heteroatoms. The highest BCUT2D eigenvalue weighted by atomic mass is 19.4. The fourth-order valence-electron chi connectivity index (χ4n) is 8.75. The van der Waals surface area contributed by atoms with Crippen LogP contribution < -0.4 is 9.47 Å². The number of esters is 1. The zero-order valence-corrected chi connectivity index (χ0v) is 37.5. The van der Waals surface area contributed by atoms with E-state index in [0.29, 0.717) is 70.6 Å². The van der Waals surface area contributed by atoms with Gasteiger partial charge in [0.2, 0.25) is 0 Å². The number of rotatable bonds is 13. The Labute approximate surface area is 396 Å². The molecule has 2 unspecified atom stereocenters. The maximum absolute atomic E-state index is 14.7. The van der Waals surface area contributed by atoms with E-state index in [2.05, 4.69) is 4.74 Å². The standard InChI is InChI=1S/C28H25F5O3.C26H21F5O3/c1-2-35-26(34)27(29,30)25-8-4-7-21-16-23(13-14-24(21)25)36-17-18-5-3-6-20(15-18)19-9-11-22(12-10-19)28(31,32)33;27-25(28,24(32)33)23-6-2-5-19-14-21(11-12-22(19)23)34-15-16-3-1-4-18(13-16)17-7-9-20(10-8-17)26(29,30)31/h3,5-6,9-16,25H,2,4,7-8,17H2,1H3;1,3-4,7-14,23H,2,5-6,15H2,(H,32,33). The number of aliphatic carboxylic acids is 1. The van der Waals surface area contributed by atoms with Gasteiger partial charge in [-0.2, -0.15) is 43.9 Å². The summed E-state index contributed by atoms with van der Waals surface area (Å²) in [5.41, 5.74) is 5.04. The Morgan fingerprint density at radius 1 is 0.529 bits per heavy atom. The molecule has 1 N–H and O–H groups in total. The maximum Gasteiger partial charge on any atom is 0.416 e. The molecular formula is C54H46F10O6. The van der Waals surface area contributed by atoms with Crippen LogP contribution in [0.3, 0.4) is 0 Å². The molecule has 0 bridgehead atoms. The van der Waals surface area contributed by atoms with E-state index in [1.807, 2.05) is 24.3 Å². The molecule has 8 rings (SSSR count). The predicted octanol–water partition coefficient (Wildman–Crippen LogP) is 14.7. The Balaban J connectivity index is 0.000000207. The summed E-state index contributed by atoms with van der Waals surface area (Å²) in [5, 5.41) is 8.91. The second-order valence-corrected chi connectivity index (χ2v) is 17.0. The summed E-state index contributed by atoms with van der Waals surface area (Å²) in [6.45, 7) is 1.74. The van der Waals surface area contributed by atoms with E-state index in [9.17, 15) is 53.5 Å². The monoisotopic (exact) mass is 980 g/mol. The number of carboxylic acid groups (broad SMARTS) is 1. The number of hydrogen-bond acceptors (Lipinski definition) is 5. The first kappa shape index (κ1) is 51.0. The van der Waals surface area contributed by atoms with Crippen LogP contribution in [0, 0.1) is 0 Å². The molecule has 0 amide bonds. The van der Waals surface area contributed by atoms with E-state index in [1.54, 1.807) is 54.6 Å². The molecule has 0 heterocycles. The number of halogens is 10. The van der Waals surface area contributed by atoms with Crippen molar-refractivity contribution < 1.29 is 72.8 Å². The number of alkyl halides is 10. The first-order valence-corrected chi connectivity index (χ1v) is 22.4. The van der Waals surface area contributed by atoms with Crippen molar-refractivity contribution in [3.8, 4) is 33.8 Å². The lowest BCUT2D eigenvalue weighted by molar-refractivity contribution is -0.175. The summed E-state index contributed by atoms with van der Waals surface area (Å²) in [6, 6.07) is 33.9. The van der Waals surface area contributed by atoms with Crippen molar-refractivity contribution in [1.29, 1.82) is 0 Å². The first-order chi connectivity index (χ1) is 33.1. The van der Waals surface area contributed by atoms with E-state index < -0.39 is 59.1 Å². The highest BCUT2D eigenvalue weighted by molar-refractivity contribution is 5.79. The average Bonchev–Trinajstić information content (AvgIpc) is 3.34. The van der Waals surface area contributed by atoms with Crippen molar-refractivity contribution in [2.24, 2.45) is 0 Å². The van der Waals surface area contributed by atoms with Gasteiger partial charge in [0, 0.05) is 0 Å². The fraction of sp³-hybridized carbons (Fsp3) is 0.296. The molecule has 0 aliphatic heterocycles. The molecule has 0 aromatic heterocycles. The van der Waals surface area contributed by atoms with E-state index in [1.165, 1.54) is 37.3 Å². The minimum atomic E-state index is -4.40. The normalized spacial score (nSPS) is 15.9. The van der Waals surface area contributed by atoms with Gasteiger partial charge in [0.05, 0.1) is 29.6 Å². The van der Waals surface area contributed by atoms with Gasteiger partial charge < -0.3 is 19.3 Å². The van der Waals surface area contributed by atoms with Crippen LogP contribution in [-0.4, -0.2) is 35.5 Å². The van der Waals surface area contributed by atoms with Crippen molar-refractivity contribution in [3.63, 3.8) is 0 Å². The van der Waals surface area contributed by atoms with Gasteiger partial charge in [0.1, 0.15) is 24.7 Å². The van der Waals surface area contributed by atoms with Crippen LogP contribution in [0.5, 0.6) is 11.5 Å². The SMILES string of the molecule is CCOC(=O)C(F)(F)C1CCCc2cc(OCc3cccc(-c4ccc(C(F)(F)F)cc4)c3)ccc21.O=C(O)C(F)(F)C1CCCc2cc(OCc3cccc(-c4ccc(C(F)(F)F)cc4)c3)ccc21. The highest BCUT2D eigenvalue weighted by Crippen LogP contribution is 2.45. The molecule has 2 aliphatic carbocycles. The van der Waals surface area contributed by atoms with Gasteiger partial charge in [-0.15, -0.1) is 0 Å². The second-order valence-electron chi connectivity index (χ2n) is 17.0. The molecule has 0 saturated carbocycles. The smallest absolute Gasteiger partial charge is 0.416 e. The number of aryl methyl sites for hydroxylation is 2. The Kier molecular flexibility index (Phi) is 15.3. The number of carbonyl (C=O) groups is 2. The van der Waals surface area contributed by atoms with Crippen LogP contribution in [0.25, 0.3) is 22.3 Å². The molecule has 0 saturated heterocycles. The average molecular weight is 981 g/mol. The topological polar surface area (TPSA) is 82.1 Å². The van der Waals surface area contributed by atoms with Gasteiger partial charge in [-0.1, -0.05) is 72.8 Å². The molecule has 0 radical (unpaired) electrons. The number of benzene rings is 6. The summed E-state index contributed by atoms with van der Waals surface area (Å²) < 4.78 is 151. The fourth-order valence-corrected chi connectivity index (χ4v) is 8.75. The Morgan fingerprint density at radius 3 is 1.33 bits per heavy atom. The third-order valence-corrected chi connectivity index (χ3v) is 12.3. The zero-order chi connectivity index (χ0) is 50.4. The lowest BCUT2D eigenvalue weighted by Gasteiger charge is -2.30. The summed E-state index contributed by atoms with van der Waals surface area (Å²) in [4.78, 5) is 22.9. The van der Waals surface area contributed by atoms with Crippen LogP contribution in [-0.2, 0) is 52.7 Å². The quantitative estimate of drug-likeness (QED) is 0.0917. The van der Waals surface area contributed by atoms with Crippen LogP contribution >= 0.6 is 0 Å². The third-order valence-electron chi connectivity index (χ3n) is 12.3.